The molecule has 1 N–H and O–H groups in total. The molecule has 1 heterocycles. The van der Waals surface area contributed by atoms with Crippen LogP contribution >= 0.6 is 0 Å². The Hall–Kier alpha value is -3.34. The Morgan fingerprint density at radius 3 is 2.00 bits per heavy atom. The van der Waals surface area contributed by atoms with Crippen molar-refractivity contribution in [1.29, 1.82) is 0 Å². The molecule has 2 aromatic carbocycles. The van der Waals surface area contributed by atoms with E-state index in [1.165, 1.54) is 44.6 Å². The quantitative estimate of drug-likeness (QED) is 0.224. The average molecular weight is 465 g/mol. The Bertz CT molecular complexity index is 991. The molecule has 0 spiro atoms. The number of carboxylic acids is 1. The van der Waals surface area contributed by atoms with Gasteiger partial charge < -0.3 is 14.3 Å². The van der Waals surface area contributed by atoms with E-state index in [1.54, 1.807) is 25.3 Å². The van der Waals surface area contributed by atoms with Crippen LogP contribution in [-0.4, -0.2) is 23.7 Å². The van der Waals surface area contributed by atoms with E-state index in [1.807, 2.05) is 42.5 Å². The van der Waals surface area contributed by atoms with E-state index in [0.717, 1.165) is 36.1 Å². The van der Waals surface area contributed by atoms with Crippen molar-refractivity contribution in [2.45, 2.75) is 65.2 Å². The number of hydrogen-bond donors (Lipinski definition) is 1. The number of carboxylic acid groups (broad SMARTS) is 1. The first-order chi connectivity index (χ1) is 16.5. The number of carbonyl (C=O) groups is 2. The number of aromatic carboxylic acids is 1. The maximum atomic E-state index is 11.6. The van der Waals surface area contributed by atoms with E-state index in [2.05, 4.69) is 10.8 Å². The fourth-order valence-electron chi connectivity index (χ4n) is 3.89. The Morgan fingerprint density at radius 2 is 1.41 bits per heavy atom. The predicted octanol–water partition coefficient (Wildman–Crippen LogP) is 7.34. The normalized spacial score (nSPS) is 10.3. The number of esters is 1. The summed E-state index contributed by atoms with van der Waals surface area (Å²) in [5.41, 5.74) is 3.45. The molecule has 5 heteroatoms. The lowest BCUT2D eigenvalue weighted by molar-refractivity contribution is -0.140. The predicted molar refractivity (Wildman–Crippen MR) is 135 cm³/mol. The monoisotopic (exact) mass is 464 g/mol. The van der Waals surface area contributed by atoms with Crippen molar-refractivity contribution in [3.63, 3.8) is 0 Å². The van der Waals surface area contributed by atoms with E-state index < -0.39 is 5.97 Å². The first-order valence-corrected chi connectivity index (χ1v) is 12.1. The van der Waals surface area contributed by atoms with Gasteiger partial charge in [-0.05, 0) is 61.1 Å². The van der Waals surface area contributed by atoms with E-state index in [0.29, 0.717) is 12.2 Å². The smallest absolute Gasteiger partial charge is 0.336 e. The maximum Gasteiger partial charge on any atom is 0.336 e. The summed E-state index contributed by atoms with van der Waals surface area (Å²) in [7, 11) is 0. The van der Waals surface area contributed by atoms with Crippen LogP contribution in [0.3, 0.4) is 0 Å². The second-order valence-electron chi connectivity index (χ2n) is 8.13. The van der Waals surface area contributed by atoms with Gasteiger partial charge in [0.05, 0.1) is 18.4 Å². The maximum absolute atomic E-state index is 11.6. The lowest BCUT2D eigenvalue weighted by Crippen LogP contribution is -2.01. The average Bonchev–Trinajstić information content (AvgIpc) is 3.35. The van der Waals surface area contributed by atoms with Gasteiger partial charge in [0.2, 0.25) is 0 Å². The third kappa shape index (κ3) is 9.65. The molecule has 0 saturated heterocycles. The van der Waals surface area contributed by atoms with Crippen LogP contribution in [0, 0.1) is 0 Å². The molecule has 1 aromatic heterocycles. The Labute approximate surface area is 202 Å². The van der Waals surface area contributed by atoms with E-state index in [-0.39, 0.29) is 5.97 Å². The van der Waals surface area contributed by atoms with Gasteiger partial charge in [0.15, 0.2) is 0 Å². The van der Waals surface area contributed by atoms with Crippen molar-refractivity contribution in [2.75, 3.05) is 6.61 Å². The first-order valence-electron chi connectivity index (χ1n) is 12.1. The van der Waals surface area contributed by atoms with Crippen molar-refractivity contribution >= 4 is 11.9 Å². The number of hydrogen-bond acceptors (Lipinski definition) is 4. The largest absolute Gasteiger partial charge is 0.478 e. The zero-order valence-electron chi connectivity index (χ0n) is 20.3. The Morgan fingerprint density at radius 1 is 0.794 bits per heavy atom. The van der Waals surface area contributed by atoms with Crippen molar-refractivity contribution in [3.05, 3.63) is 83.8 Å². The van der Waals surface area contributed by atoms with Crippen molar-refractivity contribution < 1.29 is 23.8 Å². The Balaban J connectivity index is 0.000000604. The van der Waals surface area contributed by atoms with Crippen LogP contribution in [-0.2, 0) is 22.4 Å². The Kier molecular flexibility index (Phi) is 12.3. The highest BCUT2D eigenvalue weighted by molar-refractivity contribution is 5.96. The summed E-state index contributed by atoms with van der Waals surface area (Å²) in [6, 6.07) is 19.4. The van der Waals surface area contributed by atoms with Crippen LogP contribution in [0.1, 0.15) is 74.1 Å². The summed E-state index contributed by atoms with van der Waals surface area (Å²) in [6.45, 7) is 3.65. The van der Waals surface area contributed by atoms with Gasteiger partial charge in [-0.15, -0.1) is 0 Å². The molecular formula is C29H36O5. The summed E-state index contributed by atoms with van der Waals surface area (Å²) in [6.07, 6.45) is 11.0. The highest BCUT2D eigenvalue weighted by Gasteiger charge is 2.13. The molecule has 0 aliphatic carbocycles. The minimum Gasteiger partial charge on any atom is -0.478 e. The third-order valence-corrected chi connectivity index (χ3v) is 5.51. The molecule has 34 heavy (non-hydrogen) atoms. The number of aryl methyl sites for hydroxylation is 2. The number of unbranched alkanes of at least 4 members (excludes halogenated alkanes) is 5. The van der Waals surface area contributed by atoms with E-state index >= 15 is 0 Å². The fraction of sp³-hybridized carbons (Fsp3) is 0.379. The SMILES string of the molecule is CCOC(C)=O.O=C(O)c1ccccc1-c1ccccc1CCCCCCCCc1ccco1. The van der Waals surface area contributed by atoms with Gasteiger partial charge in [0.25, 0.3) is 0 Å². The van der Waals surface area contributed by atoms with Crippen LogP contribution < -0.4 is 0 Å². The molecule has 0 atom stereocenters. The van der Waals surface area contributed by atoms with Gasteiger partial charge in [0, 0.05) is 13.3 Å². The number of carbonyl (C=O) groups excluding carboxylic acids is 1. The van der Waals surface area contributed by atoms with Gasteiger partial charge in [-0.2, -0.15) is 0 Å². The molecule has 0 saturated carbocycles. The minimum absolute atomic E-state index is 0.211. The zero-order valence-corrected chi connectivity index (χ0v) is 20.3. The van der Waals surface area contributed by atoms with Gasteiger partial charge in [-0.1, -0.05) is 68.1 Å². The number of rotatable bonds is 12. The van der Waals surface area contributed by atoms with Crippen LogP contribution in [0.2, 0.25) is 0 Å². The molecule has 3 rings (SSSR count). The molecule has 0 fully saturated rings. The number of benzene rings is 2. The first kappa shape index (κ1) is 26.9. The number of furan rings is 1. The molecule has 0 bridgehead atoms. The second-order valence-corrected chi connectivity index (χ2v) is 8.13. The topological polar surface area (TPSA) is 76.7 Å². The molecule has 3 aromatic rings. The lowest BCUT2D eigenvalue weighted by atomic mass is 9.92. The van der Waals surface area contributed by atoms with Crippen LogP contribution in [0.15, 0.2) is 71.3 Å². The van der Waals surface area contributed by atoms with Crippen LogP contribution in [0.4, 0.5) is 0 Å². The van der Waals surface area contributed by atoms with E-state index in [4.69, 9.17) is 4.42 Å². The van der Waals surface area contributed by atoms with Crippen LogP contribution in [0.25, 0.3) is 11.1 Å². The highest BCUT2D eigenvalue weighted by atomic mass is 16.5. The molecule has 182 valence electrons. The van der Waals surface area contributed by atoms with Crippen molar-refractivity contribution in [2.24, 2.45) is 0 Å². The van der Waals surface area contributed by atoms with Gasteiger partial charge in [0.1, 0.15) is 5.76 Å². The zero-order chi connectivity index (χ0) is 24.6. The van der Waals surface area contributed by atoms with Crippen molar-refractivity contribution in [1.82, 2.24) is 0 Å². The molecular weight excluding hydrogens is 428 g/mol. The highest BCUT2D eigenvalue weighted by Crippen LogP contribution is 2.28. The molecule has 0 aliphatic heterocycles. The summed E-state index contributed by atoms with van der Waals surface area (Å²) in [5, 5.41) is 9.49. The number of ether oxygens (including phenoxy) is 1. The van der Waals surface area contributed by atoms with Crippen molar-refractivity contribution in [3.8, 4) is 11.1 Å². The molecule has 0 radical (unpaired) electrons. The molecule has 5 nitrogen and oxygen atoms in total. The molecule has 0 amide bonds. The van der Waals surface area contributed by atoms with E-state index in [9.17, 15) is 14.7 Å². The summed E-state index contributed by atoms with van der Waals surface area (Å²) in [4.78, 5) is 21.4. The lowest BCUT2D eigenvalue weighted by Gasteiger charge is -2.12. The van der Waals surface area contributed by atoms with Gasteiger partial charge in [-0.3, -0.25) is 4.79 Å². The summed E-state index contributed by atoms with van der Waals surface area (Å²) < 4.78 is 9.76. The fourth-order valence-corrected chi connectivity index (χ4v) is 3.89. The van der Waals surface area contributed by atoms with Crippen LogP contribution in [0.5, 0.6) is 0 Å². The summed E-state index contributed by atoms with van der Waals surface area (Å²) in [5.74, 6) is -0.00398. The molecule has 0 unspecified atom stereocenters. The molecule has 0 aliphatic rings. The minimum atomic E-state index is -0.875. The third-order valence-electron chi connectivity index (χ3n) is 5.51. The van der Waals surface area contributed by atoms with Gasteiger partial charge in [-0.25, -0.2) is 4.79 Å². The summed E-state index contributed by atoms with van der Waals surface area (Å²) >= 11 is 0. The standard InChI is InChI=1S/C25H28O3.C4H8O2/c26-25(27)24-18-10-9-17-23(24)22-16-8-7-13-20(22)12-5-3-1-2-4-6-14-21-15-11-19-28-21;1-3-6-4(2)5/h7-11,13,15-19H,1-6,12,14H2,(H,26,27);3H2,1-2H3. The second kappa shape index (κ2) is 15.5. The van der Waals surface area contributed by atoms with Gasteiger partial charge >= 0.3 is 11.9 Å².